The molecule has 0 unspecified atom stereocenters. The van der Waals surface area contributed by atoms with Crippen molar-refractivity contribution in [2.45, 2.75) is 13.3 Å². The van der Waals surface area contributed by atoms with Crippen LogP contribution in [-0.2, 0) is 9.47 Å². The van der Waals surface area contributed by atoms with Crippen molar-refractivity contribution in [1.82, 2.24) is 4.98 Å². The highest BCUT2D eigenvalue weighted by atomic mass is 16.5. The monoisotopic (exact) mass is 283 g/mol. The van der Waals surface area contributed by atoms with E-state index in [9.17, 15) is 4.79 Å². The van der Waals surface area contributed by atoms with Crippen LogP contribution in [0.2, 0.25) is 0 Å². The number of aromatic nitrogens is 1. The van der Waals surface area contributed by atoms with E-state index in [0.29, 0.717) is 18.9 Å². The van der Waals surface area contributed by atoms with Crippen LogP contribution in [0.4, 0.5) is 0 Å². The first kappa shape index (κ1) is 13.8. The molecule has 2 aromatic rings. The van der Waals surface area contributed by atoms with Gasteiger partial charge in [0.05, 0.1) is 19.8 Å². The molecule has 108 valence electrons. The summed E-state index contributed by atoms with van der Waals surface area (Å²) in [7, 11) is 0. The molecule has 0 N–H and O–H groups in total. The molecule has 0 atom stereocenters. The van der Waals surface area contributed by atoms with Gasteiger partial charge in [-0.1, -0.05) is 18.2 Å². The van der Waals surface area contributed by atoms with Crippen molar-refractivity contribution in [3.8, 4) is 0 Å². The van der Waals surface area contributed by atoms with Crippen LogP contribution in [0.25, 0.3) is 16.3 Å². The first-order valence-corrected chi connectivity index (χ1v) is 7.12. The van der Waals surface area contributed by atoms with Gasteiger partial charge >= 0.3 is 5.97 Å². The highest BCUT2D eigenvalue weighted by Gasteiger charge is 2.11. The van der Waals surface area contributed by atoms with Crippen LogP contribution in [0.5, 0.6) is 0 Å². The summed E-state index contributed by atoms with van der Waals surface area (Å²) in [5, 5.41) is 2.01. The average molecular weight is 283 g/mol. The van der Waals surface area contributed by atoms with Crippen LogP contribution < -0.4 is 0 Å². The summed E-state index contributed by atoms with van der Waals surface area (Å²) in [4.78, 5) is 15.9. The molecule has 0 fully saturated rings. The van der Waals surface area contributed by atoms with Crippen molar-refractivity contribution in [3.63, 3.8) is 0 Å². The molecule has 2 heterocycles. The molecule has 0 saturated carbocycles. The first-order valence-electron chi connectivity index (χ1n) is 7.12. The predicted molar refractivity (Wildman–Crippen MR) is 81.1 cm³/mol. The topological polar surface area (TPSA) is 48.4 Å². The molecule has 1 aliphatic heterocycles. The van der Waals surface area contributed by atoms with Gasteiger partial charge in [0.2, 0.25) is 0 Å². The fourth-order valence-corrected chi connectivity index (χ4v) is 2.45. The van der Waals surface area contributed by atoms with Gasteiger partial charge in [-0.25, -0.2) is 9.78 Å². The number of rotatable bonds is 3. The molecule has 0 aliphatic carbocycles. The molecule has 0 spiro atoms. The molecule has 1 aliphatic rings. The number of hydrogen-bond donors (Lipinski definition) is 0. The van der Waals surface area contributed by atoms with E-state index < -0.39 is 0 Å². The Hall–Kier alpha value is -2.20. The Morgan fingerprint density at radius 2 is 2.24 bits per heavy atom. The highest BCUT2D eigenvalue weighted by molar-refractivity contribution is 5.94. The maximum Gasteiger partial charge on any atom is 0.356 e. The summed E-state index contributed by atoms with van der Waals surface area (Å²) >= 11 is 0. The van der Waals surface area contributed by atoms with Crippen LogP contribution >= 0.6 is 0 Å². The summed E-state index contributed by atoms with van der Waals surface area (Å²) < 4.78 is 10.3. The van der Waals surface area contributed by atoms with Gasteiger partial charge in [0.25, 0.3) is 0 Å². The number of pyridine rings is 1. The number of hydrogen-bond acceptors (Lipinski definition) is 4. The molecule has 0 radical (unpaired) electrons. The summed E-state index contributed by atoms with van der Waals surface area (Å²) in [5.74, 6) is -0.380. The second kappa shape index (κ2) is 6.06. The van der Waals surface area contributed by atoms with Gasteiger partial charge in [-0.05, 0) is 42.0 Å². The minimum absolute atomic E-state index is 0.349. The number of carbonyl (C=O) groups is 1. The average Bonchev–Trinajstić information content (AvgIpc) is 2.55. The predicted octanol–water partition coefficient (Wildman–Crippen LogP) is 3.22. The zero-order valence-corrected chi connectivity index (χ0v) is 12.0. The highest BCUT2D eigenvalue weighted by Crippen LogP contribution is 2.25. The Balaban J connectivity index is 1.99. The number of ether oxygens (including phenoxy) is 2. The molecule has 0 saturated heterocycles. The Bertz CT molecular complexity index is 706. The largest absolute Gasteiger partial charge is 0.461 e. The van der Waals surface area contributed by atoms with Crippen LogP contribution in [0.1, 0.15) is 29.4 Å². The standard InChI is InChI=1S/C17H17NO3/c1-2-21-17(19)16-10-15-9-13(3-4-14(15)11-18-16)12-5-7-20-8-6-12/h3-5,9-11H,2,6-8H2,1H3. The number of benzene rings is 1. The minimum atomic E-state index is -0.380. The Labute approximate surface area is 123 Å². The van der Waals surface area contributed by atoms with Crippen molar-refractivity contribution in [2.75, 3.05) is 19.8 Å². The molecule has 1 aromatic carbocycles. The first-order chi connectivity index (χ1) is 10.3. The lowest BCUT2D eigenvalue weighted by molar-refractivity contribution is 0.0519. The van der Waals surface area contributed by atoms with Crippen LogP contribution in [0, 0.1) is 0 Å². The van der Waals surface area contributed by atoms with Gasteiger partial charge in [-0.3, -0.25) is 0 Å². The van der Waals surface area contributed by atoms with E-state index in [2.05, 4.69) is 23.2 Å². The summed E-state index contributed by atoms with van der Waals surface area (Å²) in [6.07, 6.45) is 4.74. The maximum atomic E-state index is 11.8. The SMILES string of the molecule is CCOC(=O)c1cc2cc(C3=CCOCC3)ccc2cn1. The zero-order chi connectivity index (χ0) is 14.7. The fraction of sp³-hybridized carbons (Fsp3) is 0.294. The molecular formula is C17H17NO3. The second-order valence-corrected chi connectivity index (χ2v) is 4.91. The summed E-state index contributed by atoms with van der Waals surface area (Å²) in [6.45, 7) is 3.56. The molecule has 4 nitrogen and oxygen atoms in total. The van der Waals surface area contributed by atoms with Gasteiger partial charge in [-0.15, -0.1) is 0 Å². The maximum absolute atomic E-state index is 11.8. The molecule has 3 rings (SSSR count). The number of fused-ring (bicyclic) bond motifs is 1. The van der Waals surface area contributed by atoms with E-state index >= 15 is 0 Å². The van der Waals surface area contributed by atoms with Gasteiger partial charge < -0.3 is 9.47 Å². The fourth-order valence-electron chi connectivity index (χ4n) is 2.45. The minimum Gasteiger partial charge on any atom is -0.461 e. The lowest BCUT2D eigenvalue weighted by atomic mass is 9.99. The molecule has 4 heteroatoms. The van der Waals surface area contributed by atoms with Crippen molar-refractivity contribution < 1.29 is 14.3 Å². The smallest absolute Gasteiger partial charge is 0.356 e. The molecule has 0 amide bonds. The lowest BCUT2D eigenvalue weighted by Crippen LogP contribution is -2.06. The van der Waals surface area contributed by atoms with E-state index in [-0.39, 0.29) is 5.97 Å². The van der Waals surface area contributed by atoms with Gasteiger partial charge in [0.1, 0.15) is 5.69 Å². The van der Waals surface area contributed by atoms with E-state index in [1.165, 1.54) is 11.1 Å². The van der Waals surface area contributed by atoms with Crippen molar-refractivity contribution >= 4 is 22.3 Å². The van der Waals surface area contributed by atoms with Crippen LogP contribution in [-0.4, -0.2) is 30.8 Å². The van der Waals surface area contributed by atoms with E-state index in [4.69, 9.17) is 9.47 Å². The summed E-state index contributed by atoms with van der Waals surface area (Å²) in [5.41, 5.74) is 2.81. The van der Waals surface area contributed by atoms with Gasteiger partial charge in [0.15, 0.2) is 0 Å². The molecular weight excluding hydrogens is 266 g/mol. The Kier molecular flexibility index (Phi) is 3.97. The number of esters is 1. The Morgan fingerprint density at radius 1 is 1.33 bits per heavy atom. The zero-order valence-electron chi connectivity index (χ0n) is 12.0. The molecule has 1 aromatic heterocycles. The van der Waals surface area contributed by atoms with E-state index in [0.717, 1.165) is 23.8 Å². The van der Waals surface area contributed by atoms with Gasteiger partial charge in [0, 0.05) is 11.6 Å². The lowest BCUT2D eigenvalue weighted by Gasteiger charge is -2.14. The normalized spacial score (nSPS) is 14.8. The van der Waals surface area contributed by atoms with E-state index in [1.54, 1.807) is 19.2 Å². The third-order valence-electron chi connectivity index (χ3n) is 3.54. The van der Waals surface area contributed by atoms with Crippen LogP contribution in [0.3, 0.4) is 0 Å². The third-order valence-corrected chi connectivity index (χ3v) is 3.54. The number of carbonyl (C=O) groups excluding carboxylic acids is 1. The quantitative estimate of drug-likeness (QED) is 0.812. The second-order valence-electron chi connectivity index (χ2n) is 4.91. The van der Waals surface area contributed by atoms with E-state index in [1.807, 2.05) is 6.07 Å². The van der Waals surface area contributed by atoms with Gasteiger partial charge in [-0.2, -0.15) is 0 Å². The molecule has 21 heavy (non-hydrogen) atoms. The van der Waals surface area contributed by atoms with Crippen molar-refractivity contribution in [1.29, 1.82) is 0 Å². The Morgan fingerprint density at radius 3 is 3.00 bits per heavy atom. The number of nitrogens with zero attached hydrogens (tertiary/aromatic N) is 1. The molecule has 0 bridgehead atoms. The van der Waals surface area contributed by atoms with Crippen LogP contribution in [0.15, 0.2) is 36.5 Å². The third kappa shape index (κ3) is 2.95. The summed E-state index contributed by atoms with van der Waals surface area (Å²) in [6, 6.07) is 8.00. The van der Waals surface area contributed by atoms with Crippen molar-refractivity contribution in [2.24, 2.45) is 0 Å². The van der Waals surface area contributed by atoms with Crippen molar-refractivity contribution in [3.05, 3.63) is 47.8 Å².